The summed E-state index contributed by atoms with van der Waals surface area (Å²) in [6.45, 7) is 2.60. The smallest absolute Gasteiger partial charge is 0.223 e. The van der Waals surface area contributed by atoms with E-state index < -0.39 is 0 Å². The third kappa shape index (κ3) is 3.46. The van der Waals surface area contributed by atoms with Gasteiger partial charge in [-0.2, -0.15) is 0 Å². The van der Waals surface area contributed by atoms with E-state index in [0.29, 0.717) is 42.8 Å². The zero-order valence-electron chi connectivity index (χ0n) is 15.7. The predicted octanol–water partition coefficient (Wildman–Crippen LogP) is 1.94. The van der Waals surface area contributed by atoms with Crippen LogP contribution in [0.15, 0.2) is 18.2 Å². The number of aryl methyl sites for hydroxylation is 1. The Morgan fingerprint density at radius 2 is 2.26 bits per heavy atom. The third-order valence-electron chi connectivity index (χ3n) is 6.43. The topological polar surface area (TPSA) is 72.5 Å². The molecule has 2 aliphatic rings. The van der Waals surface area contributed by atoms with E-state index in [1.54, 1.807) is 6.07 Å². The maximum atomic E-state index is 13.3. The number of aromatic nitrogens is 2. The van der Waals surface area contributed by atoms with Crippen LogP contribution in [0.3, 0.4) is 0 Å². The van der Waals surface area contributed by atoms with Crippen molar-refractivity contribution >= 4 is 16.9 Å². The van der Waals surface area contributed by atoms with Crippen LogP contribution in [-0.4, -0.2) is 70.1 Å². The number of hydrogen-bond acceptors (Lipinski definition) is 4. The number of likely N-dealkylation sites (tertiary alicyclic amines) is 2. The molecule has 0 unspecified atom stereocenters. The Hall–Kier alpha value is -1.99. The number of hydrogen-bond donors (Lipinski definition) is 2. The van der Waals surface area contributed by atoms with Gasteiger partial charge in [-0.1, -0.05) is 0 Å². The number of piperidine rings is 2. The molecule has 7 heteroatoms. The molecule has 2 aromatic rings. The molecule has 0 spiro atoms. The zero-order chi connectivity index (χ0) is 19.0. The molecule has 2 N–H and O–H groups in total. The second kappa shape index (κ2) is 7.20. The summed E-state index contributed by atoms with van der Waals surface area (Å²) in [7, 11) is 2.09. The van der Waals surface area contributed by atoms with Crippen LogP contribution in [0.2, 0.25) is 0 Å². The maximum absolute atomic E-state index is 13.3. The highest BCUT2D eigenvalue weighted by atomic mass is 19.1. The summed E-state index contributed by atoms with van der Waals surface area (Å²) in [5.41, 5.74) is 1.31. The van der Waals surface area contributed by atoms with E-state index in [-0.39, 0.29) is 29.8 Å². The van der Waals surface area contributed by atoms with Crippen molar-refractivity contribution in [3.8, 4) is 0 Å². The Labute approximate surface area is 158 Å². The first-order valence-electron chi connectivity index (χ1n) is 9.74. The number of H-pyrrole nitrogens is 1. The number of aliphatic hydroxyl groups is 1. The van der Waals surface area contributed by atoms with Crippen molar-refractivity contribution in [2.24, 2.45) is 5.41 Å². The molecular weight excluding hydrogens is 347 g/mol. The number of aliphatic hydroxyl groups excluding tert-OH is 1. The molecule has 1 amide bonds. The quantitative estimate of drug-likeness (QED) is 0.858. The average Bonchev–Trinajstić information content (AvgIpc) is 3.08. The standard InChI is InChI=1S/C20H27FN4O2/c1-24-9-2-7-20(13-26)8-10-25(12-17(20)24)19(27)6-5-18-22-15-4-3-14(21)11-16(15)23-18/h3-4,11,17,26H,2,5-10,12-13H2,1H3,(H,22,23)/t17-,20-/m1/s1. The SMILES string of the molecule is CN1CCC[C@]2(CO)CCN(C(=O)CCc3nc4ccc(F)cc4[nH]3)C[C@@H]12. The number of rotatable bonds is 4. The van der Waals surface area contributed by atoms with Crippen LogP contribution < -0.4 is 0 Å². The number of carbonyl (C=O) groups is 1. The number of halogens is 1. The number of nitrogens with one attached hydrogen (secondary N) is 1. The number of benzene rings is 1. The summed E-state index contributed by atoms with van der Waals surface area (Å²) in [6.07, 6.45) is 3.89. The van der Waals surface area contributed by atoms with Gasteiger partial charge in [-0.15, -0.1) is 0 Å². The Kier molecular flexibility index (Phi) is 4.90. The molecule has 4 rings (SSSR count). The van der Waals surface area contributed by atoms with Crippen molar-refractivity contribution in [2.75, 3.05) is 33.3 Å². The highest BCUT2D eigenvalue weighted by molar-refractivity contribution is 5.77. The molecule has 0 bridgehead atoms. The normalized spacial score (nSPS) is 26.3. The van der Waals surface area contributed by atoms with Crippen molar-refractivity contribution in [1.29, 1.82) is 0 Å². The number of imidazole rings is 1. The van der Waals surface area contributed by atoms with E-state index in [1.165, 1.54) is 12.1 Å². The summed E-state index contributed by atoms with van der Waals surface area (Å²) in [4.78, 5) is 24.5. The van der Waals surface area contributed by atoms with Gasteiger partial charge in [0.25, 0.3) is 0 Å². The molecule has 0 saturated carbocycles. The number of amides is 1. The molecule has 3 heterocycles. The first-order chi connectivity index (χ1) is 13.0. The van der Waals surface area contributed by atoms with Crippen molar-refractivity contribution in [3.05, 3.63) is 29.8 Å². The van der Waals surface area contributed by atoms with Gasteiger partial charge in [0, 0.05) is 37.4 Å². The summed E-state index contributed by atoms with van der Waals surface area (Å²) < 4.78 is 13.3. The molecule has 146 valence electrons. The molecule has 0 radical (unpaired) electrons. The van der Waals surface area contributed by atoms with Crippen LogP contribution in [0.5, 0.6) is 0 Å². The molecule has 2 aliphatic heterocycles. The first kappa shape index (κ1) is 18.4. The fourth-order valence-electron chi connectivity index (χ4n) is 4.78. The minimum Gasteiger partial charge on any atom is -0.396 e. The maximum Gasteiger partial charge on any atom is 0.223 e. The monoisotopic (exact) mass is 374 g/mol. The van der Waals surface area contributed by atoms with Gasteiger partial charge in [-0.25, -0.2) is 9.37 Å². The molecular formula is C20H27FN4O2. The van der Waals surface area contributed by atoms with Gasteiger partial charge in [0.15, 0.2) is 0 Å². The van der Waals surface area contributed by atoms with Crippen molar-refractivity contribution < 1.29 is 14.3 Å². The molecule has 27 heavy (non-hydrogen) atoms. The van der Waals surface area contributed by atoms with Crippen LogP contribution in [-0.2, 0) is 11.2 Å². The number of fused-ring (bicyclic) bond motifs is 2. The third-order valence-corrected chi connectivity index (χ3v) is 6.43. The Bertz CT molecular complexity index is 838. The van der Waals surface area contributed by atoms with Gasteiger partial charge < -0.3 is 19.9 Å². The Morgan fingerprint density at radius 3 is 3.07 bits per heavy atom. The highest BCUT2D eigenvalue weighted by Gasteiger charge is 2.47. The van der Waals surface area contributed by atoms with Crippen molar-refractivity contribution in [1.82, 2.24) is 19.8 Å². The van der Waals surface area contributed by atoms with E-state index in [9.17, 15) is 14.3 Å². The van der Waals surface area contributed by atoms with E-state index in [0.717, 1.165) is 25.8 Å². The minimum atomic E-state index is -0.300. The van der Waals surface area contributed by atoms with Gasteiger partial charge >= 0.3 is 0 Å². The average molecular weight is 374 g/mol. The molecule has 1 aromatic carbocycles. The minimum absolute atomic E-state index is 0.0629. The summed E-state index contributed by atoms with van der Waals surface area (Å²) >= 11 is 0. The van der Waals surface area contributed by atoms with Gasteiger partial charge in [0.1, 0.15) is 11.6 Å². The van der Waals surface area contributed by atoms with E-state index in [1.807, 2.05) is 4.90 Å². The molecule has 1 aromatic heterocycles. The molecule has 2 fully saturated rings. The van der Waals surface area contributed by atoms with Crippen LogP contribution in [0.4, 0.5) is 4.39 Å². The van der Waals surface area contributed by atoms with E-state index >= 15 is 0 Å². The molecule has 0 aliphatic carbocycles. The van der Waals surface area contributed by atoms with Crippen LogP contribution in [0.1, 0.15) is 31.5 Å². The van der Waals surface area contributed by atoms with Crippen LogP contribution >= 0.6 is 0 Å². The van der Waals surface area contributed by atoms with Crippen LogP contribution in [0, 0.1) is 11.2 Å². The lowest BCUT2D eigenvalue weighted by Gasteiger charge is -2.53. The van der Waals surface area contributed by atoms with Gasteiger partial charge in [0.2, 0.25) is 5.91 Å². The molecule has 2 atom stereocenters. The fourth-order valence-corrected chi connectivity index (χ4v) is 4.78. The highest BCUT2D eigenvalue weighted by Crippen LogP contribution is 2.41. The summed E-state index contributed by atoms with van der Waals surface area (Å²) in [5, 5.41) is 9.99. The van der Waals surface area contributed by atoms with E-state index in [2.05, 4.69) is 21.9 Å². The van der Waals surface area contributed by atoms with Gasteiger partial charge in [0.05, 0.1) is 17.6 Å². The van der Waals surface area contributed by atoms with Crippen molar-refractivity contribution in [2.45, 2.75) is 38.1 Å². The second-order valence-electron chi connectivity index (χ2n) is 8.06. The second-order valence-corrected chi connectivity index (χ2v) is 8.06. The fraction of sp³-hybridized carbons (Fsp3) is 0.600. The molecule has 2 saturated heterocycles. The first-order valence-corrected chi connectivity index (χ1v) is 9.74. The Balaban J connectivity index is 1.39. The van der Waals surface area contributed by atoms with Gasteiger partial charge in [-0.05, 0) is 51.1 Å². The lowest BCUT2D eigenvalue weighted by atomic mass is 9.69. The van der Waals surface area contributed by atoms with Gasteiger partial charge in [-0.3, -0.25) is 4.79 Å². The van der Waals surface area contributed by atoms with Crippen LogP contribution in [0.25, 0.3) is 11.0 Å². The van der Waals surface area contributed by atoms with Crippen molar-refractivity contribution in [3.63, 3.8) is 0 Å². The predicted molar refractivity (Wildman–Crippen MR) is 101 cm³/mol. The largest absolute Gasteiger partial charge is 0.396 e. The number of carbonyl (C=O) groups excluding carboxylic acids is 1. The Morgan fingerprint density at radius 1 is 1.41 bits per heavy atom. The lowest BCUT2D eigenvalue weighted by Crippen LogP contribution is -2.62. The number of nitrogens with zero attached hydrogens (tertiary/aromatic N) is 3. The summed E-state index contributed by atoms with van der Waals surface area (Å²) in [6, 6.07) is 4.68. The summed E-state index contributed by atoms with van der Waals surface area (Å²) in [5.74, 6) is 0.527. The molecule has 6 nitrogen and oxygen atoms in total. The number of likely N-dealkylation sites (N-methyl/N-ethyl adjacent to an activating group) is 1. The van der Waals surface area contributed by atoms with E-state index in [4.69, 9.17) is 0 Å². The lowest BCUT2D eigenvalue weighted by molar-refractivity contribution is -0.139. The zero-order valence-corrected chi connectivity index (χ0v) is 15.7. The number of aromatic amines is 1.